The van der Waals surface area contributed by atoms with Crippen molar-refractivity contribution in [2.45, 2.75) is 20.8 Å². The van der Waals surface area contributed by atoms with Crippen LogP contribution < -0.4 is 15.4 Å². The van der Waals surface area contributed by atoms with Crippen molar-refractivity contribution < 1.29 is 9.53 Å². The minimum absolute atomic E-state index is 0.0987. The molecule has 0 aliphatic heterocycles. The minimum Gasteiger partial charge on any atom is -0.493 e. The number of carbonyl (C=O) groups is 1. The molecule has 1 amide bonds. The molecule has 2 aromatic carbocycles. The molecule has 0 fully saturated rings. The van der Waals surface area contributed by atoms with Crippen LogP contribution >= 0.6 is 0 Å². The molecule has 0 aliphatic carbocycles. The topological polar surface area (TPSA) is 87.1 Å². The lowest BCUT2D eigenvalue weighted by Gasteiger charge is -2.15. The van der Waals surface area contributed by atoms with Crippen molar-refractivity contribution >= 4 is 29.0 Å². The third kappa shape index (κ3) is 4.46. The summed E-state index contributed by atoms with van der Waals surface area (Å²) in [6.07, 6.45) is 0.471. The molecule has 0 spiro atoms. The second-order valence-corrected chi connectivity index (χ2v) is 7.02. The van der Waals surface area contributed by atoms with E-state index in [1.54, 1.807) is 0 Å². The summed E-state index contributed by atoms with van der Waals surface area (Å²) in [7, 11) is 0. The largest absolute Gasteiger partial charge is 0.493 e. The highest BCUT2D eigenvalue weighted by Gasteiger charge is 2.12. The van der Waals surface area contributed by atoms with Crippen LogP contribution in [0.3, 0.4) is 0 Å². The number of amides is 1. The van der Waals surface area contributed by atoms with Crippen molar-refractivity contribution in [2.24, 2.45) is 5.92 Å². The number of aryl methyl sites for hydroxylation is 1. The van der Waals surface area contributed by atoms with Crippen LogP contribution in [0.5, 0.6) is 5.75 Å². The van der Waals surface area contributed by atoms with Crippen molar-refractivity contribution in [1.29, 1.82) is 5.41 Å². The monoisotopic (exact) mass is 376 g/mol. The van der Waals surface area contributed by atoms with E-state index in [2.05, 4.69) is 24.5 Å². The normalized spacial score (nSPS) is 10.7. The fourth-order valence-corrected chi connectivity index (χ4v) is 2.89. The van der Waals surface area contributed by atoms with E-state index in [1.807, 2.05) is 55.5 Å². The van der Waals surface area contributed by atoms with Gasteiger partial charge in [-0.15, -0.1) is 0 Å². The molecular formula is C22H24N4O2. The maximum Gasteiger partial charge on any atom is 0.213 e. The first kappa shape index (κ1) is 19.4. The Labute approximate surface area is 164 Å². The van der Waals surface area contributed by atoms with Gasteiger partial charge in [0.15, 0.2) is 5.96 Å². The fraction of sp³-hybridized carbons (Fsp3) is 0.227. The number of nitrogens with one attached hydrogen (secondary N) is 3. The quantitative estimate of drug-likeness (QED) is 0.339. The fourth-order valence-electron chi connectivity index (χ4n) is 2.89. The van der Waals surface area contributed by atoms with E-state index in [0.717, 1.165) is 33.5 Å². The lowest BCUT2D eigenvalue weighted by Crippen LogP contribution is -2.28. The Morgan fingerprint density at radius 1 is 1.21 bits per heavy atom. The predicted molar refractivity (Wildman–Crippen MR) is 113 cm³/mol. The smallest absolute Gasteiger partial charge is 0.213 e. The molecular weight excluding hydrogens is 352 g/mol. The number of nitrogens with zero attached hydrogens (tertiary/aromatic N) is 1. The van der Waals surface area contributed by atoms with Gasteiger partial charge in [0.05, 0.1) is 23.5 Å². The molecule has 0 atom stereocenters. The molecule has 28 heavy (non-hydrogen) atoms. The van der Waals surface area contributed by atoms with E-state index in [0.29, 0.717) is 24.6 Å². The highest BCUT2D eigenvalue weighted by molar-refractivity contribution is 6.05. The summed E-state index contributed by atoms with van der Waals surface area (Å²) >= 11 is 0. The second-order valence-electron chi connectivity index (χ2n) is 7.02. The van der Waals surface area contributed by atoms with Gasteiger partial charge in [0.1, 0.15) is 5.75 Å². The van der Waals surface area contributed by atoms with Gasteiger partial charge in [0.2, 0.25) is 6.41 Å². The summed E-state index contributed by atoms with van der Waals surface area (Å²) in [5.41, 5.74) is 4.35. The van der Waals surface area contributed by atoms with Crippen molar-refractivity contribution in [3.63, 3.8) is 0 Å². The number of carbonyl (C=O) groups excluding carboxylic acids is 1. The number of anilines is 1. The number of fused-ring (bicyclic) bond motifs is 1. The maximum atomic E-state index is 10.7. The standard InChI is InChI=1S/C22H24N4O2/c1-14(2)12-28-16-8-9-18-19(10-16)25-20(17-7-5-4-6-15(17)3)11-21(18)26-22(23)24-13-27/h4-11,13-14H,12H2,1-3H3,(H3,23,24,25,26,27). The van der Waals surface area contributed by atoms with Gasteiger partial charge in [0, 0.05) is 17.0 Å². The third-order valence-electron chi connectivity index (χ3n) is 4.25. The van der Waals surface area contributed by atoms with Gasteiger partial charge >= 0.3 is 0 Å². The minimum atomic E-state index is -0.0987. The first-order valence-corrected chi connectivity index (χ1v) is 9.17. The number of aromatic nitrogens is 1. The van der Waals surface area contributed by atoms with E-state index in [4.69, 9.17) is 15.1 Å². The molecule has 144 valence electrons. The number of hydrogen-bond donors (Lipinski definition) is 3. The van der Waals surface area contributed by atoms with Crippen LogP contribution in [0.25, 0.3) is 22.2 Å². The summed E-state index contributed by atoms with van der Waals surface area (Å²) in [5.74, 6) is 1.08. The average molecular weight is 376 g/mol. The average Bonchev–Trinajstić information content (AvgIpc) is 2.66. The lowest BCUT2D eigenvalue weighted by atomic mass is 10.0. The molecule has 3 N–H and O–H groups in total. The van der Waals surface area contributed by atoms with Gasteiger partial charge in [-0.2, -0.15) is 0 Å². The summed E-state index contributed by atoms with van der Waals surface area (Å²) in [6.45, 7) is 6.86. The molecule has 1 heterocycles. The molecule has 0 saturated carbocycles. The van der Waals surface area contributed by atoms with Crippen LogP contribution in [0.1, 0.15) is 19.4 Å². The van der Waals surface area contributed by atoms with E-state index in [1.165, 1.54) is 0 Å². The second kappa shape index (κ2) is 8.52. The molecule has 0 bridgehead atoms. The van der Waals surface area contributed by atoms with Crippen molar-refractivity contribution in [3.8, 4) is 17.0 Å². The molecule has 0 saturated heterocycles. The Morgan fingerprint density at radius 3 is 2.71 bits per heavy atom. The van der Waals surface area contributed by atoms with Crippen LogP contribution in [-0.4, -0.2) is 24.0 Å². The summed E-state index contributed by atoms with van der Waals surface area (Å²) in [5, 5.41) is 14.0. The number of benzene rings is 2. The molecule has 6 heteroatoms. The van der Waals surface area contributed by atoms with Gasteiger partial charge in [-0.25, -0.2) is 4.98 Å². The van der Waals surface area contributed by atoms with Crippen LogP contribution in [-0.2, 0) is 4.79 Å². The van der Waals surface area contributed by atoms with Crippen molar-refractivity contribution in [1.82, 2.24) is 10.3 Å². The van der Waals surface area contributed by atoms with E-state index >= 15 is 0 Å². The number of ether oxygens (including phenoxy) is 1. The van der Waals surface area contributed by atoms with E-state index < -0.39 is 0 Å². The highest BCUT2D eigenvalue weighted by atomic mass is 16.5. The Morgan fingerprint density at radius 2 is 2.00 bits per heavy atom. The summed E-state index contributed by atoms with van der Waals surface area (Å²) in [6, 6.07) is 15.6. The Bertz CT molecular complexity index is 1010. The van der Waals surface area contributed by atoms with Crippen molar-refractivity contribution in [2.75, 3.05) is 11.9 Å². The van der Waals surface area contributed by atoms with E-state index in [-0.39, 0.29) is 5.96 Å². The molecule has 3 rings (SSSR count). The lowest BCUT2D eigenvalue weighted by molar-refractivity contribution is -0.108. The molecule has 0 aliphatic rings. The van der Waals surface area contributed by atoms with Gasteiger partial charge in [-0.3, -0.25) is 15.5 Å². The zero-order valence-corrected chi connectivity index (χ0v) is 16.2. The van der Waals surface area contributed by atoms with Gasteiger partial charge in [-0.05, 0) is 36.6 Å². The molecule has 0 radical (unpaired) electrons. The van der Waals surface area contributed by atoms with Gasteiger partial charge in [-0.1, -0.05) is 38.1 Å². The Balaban J connectivity index is 2.11. The molecule has 0 unspecified atom stereocenters. The SMILES string of the molecule is Cc1ccccc1-c1cc(NC(=N)NC=O)c2ccc(OCC(C)C)cc2n1. The van der Waals surface area contributed by atoms with Crippen LogP contribution in [0.2, 0.25) is 0 Å². The number of hydrogen-bond acceptors (Lipinski definition) is 4. The highest BCUT2D eigenvalue weighted by Crippen LogP contribution is 2.32. The van der Waals surface area contributed by atoms with Crippen LogP contribution in [0.15, 0.2) is 48.5 Å². The summed E-state index contributed by atoms with van der Waals surface area (Å²) < 4.78 is 5.84. The summed E-state index contributed by atoms with van der Waals surface area (Å²) in [4.78, 5) is 15.5. The van der Waals surface area contributed by atoms with Gasteiger partial charge in [0.25, 0.3) is 0 Å². The van der Waals surface area contributed by atoms with Crippen molar-refractivity contribution in [3.05, 3.63) is 54.1 Å². The molecule has 6 nitrogen and oxygen atoms in total. The zero-order chi connectivity index (χ0) is 20.1. The predicted octanol–water partition coefficient (Wildman–Crippen LogP) is 4.34. The number of pyridine rings is 1. The number of guanidine groups is 1. The van der Waals surface area contributed by atoms with Crippen LogP contribution in [0, 0.1) is 18.3 Å². The van der Waals surface area contributed by atoms with Gasteiger partial charge < -0.3 is 10.1 Å². The molecule has 3 aromatic rings. The first-order valence-electron chi connectivity index (χ1n) is 9.17. The molecule has 1 aromatic heterocycles. The maximum absolute atomic E-state index is 10.7. The van der Waals surface area contributed by atoms with E-state index in [9.17, 15) is 4.79 Å². The third-order valence-corrected chi connectivity index (χ3v) is 4.25. The first-order chi connectivity index (χ1) is 13.5. The zero-order valence-electron chi connectivity index (χ0n) is 16.2. The Hall–Kier alpha value is -3.41. The van der Waals surface area contributed by atoms with Crippen LogP contribution in [0.4, 0.5) is 5.69 Å². The Kier molecular flexibility index (Phi) is 5.89. The number of rotatable bonds is 6.